The molecule has 2 aromatic carbocycles. The highest BCUT2D eigenvalue weighted by atomic mass is 16.1. The molecule has 0 radical (unpaired) electrons. The Morgan fingerprint density at radius 3 is 2.63 bits per heavy atom. The second-order valence-electron chi connectivity index (χ2n) is 7.67. The molecule has 0 fully saturated rings. The summed E-state index contributed by atoms with van der Waals surface area (Å²) in [6.45, 7) is 4.25. The molecular formula is C24H24N4O2. The number of para-hydroxylation sites is 1. The Balaban J connectivity index is 1.54. The van der Waals surface area contributed by atoms with E-state index >= 15 is 0 Å². The number of carbonyl (C=O) groups excluding carboxylic acids is 2. The fraction of sp³-hybridized carbons (Fsp3) is 0.208. The van der Waals surface area contributed by atoms with Crippen molar-refractivity contribution in [1.82, 2.24) is 14.1 Å². The number of ketones is 1. The van der Waals surface area contributed by atoms with E-state index in [1.807, 2.05) is 18.2 Å². The summed E-state index contributed by atoms with van der Waals surface area (Å²) in [4.78, 5) is 29.5. The summed E-state index contributed by atoms with van der Waals surface area (Å²) in [5.74, 6) is 0.0572. The molecule has 2 aromatic heterocycles. The van der Waals surface area contributed by atoms with Crippen molar-refractivity contribution in [2.24, 2.45) is 7.05 Å². The van der Waals surface area contributed by atoms with Crippen LogP contribution in [0.4, 0.5) is 5.69 Å². The number of aromatic nitrogens is 3. The average molecular weight is 400 g/mol. The first-order valence-corrected chi connectivity index (χ1v) is 9.94. The van der Waals surface area contributed by atoms with Gasteiger partial charge in [0.05, 0.1) is 6.42 Å². The molecule has 0 aliphatic heterocycles. The zero-order valence-electron chi connectivity index (χ0n) is 17.3. The first kappa shape index (κ1) is 19.6. The number of nitrogens with one attached hydrogen (secondary N) is 1. The molecule has 4 rings (SSSR count). The van der Waals surface area contributed by atoms with Crippen molar-refractivity contribution in [3.05, 3.63) is 84.1 Å². The standard InChI is InChI=1S/C24H24N4O2/c1-16(2)28-15-18(20-9-4-5-10-21(20)28)14-22(29)26-19-8-6-7-17(13-19)23(30)24-25-11-12-27(24)3/h4-13,15-16H,14H2,1-3H3,(H,26,29). The number of anilines is 1. The van der Waals surface area contributed by atoms with Gasteiger partial charge in [-0.05, 0) is 37.6 Å². The summed E-state index contributed by atoms with van der Waals surface area (Å²) in [5, 5.41) is 4.00. The number of rotatable bonds is 6. The van der Waals surface area contributed by atoms with Gasteiger partial charge in [0, 0.05) is 53.8 Å². The van der Waals surface area contributed by atoms with Crippen LogP contribution in [0.5, 0.6) is 0 Å². The van der Waals surface area contributed by atoms with Crippen LogP contribution in [0.2, 0.25) is 0 Å². The summed E-state index contributed by atoms with van der Waals surface area (Å²) < 4.78 is 3.86. The van der Waals surface area contributed by atoms with Crippen LogP contribution in [-0.2, 0) is 18.3 Å². The highest BCUT2D eigenvalue weighted by molar-refractivity contribution is 6.07. The molecule has 0 bridgehead atoms. The Morgan fingerprint density at radius 2 is 1.90 bits per heavy atom. The van der Waals surface area contributed by atoms with E-state index in [2.05, 4.69) is 41.0 Å². The number of aryl methyl sites for hydroxylation is 1. The molecule has 0 atom stereocenters. The molecule has 30 heavy (non-hydrogen) atoms. The number of fused-ring (bicyclic) bond motifs is 1. The molecule has 6 heteroatoms. The van der Waals surface area contributed by atoms with Crippen molar-refractivity contribution < 1.29 is 9.59 Å². The van der Waals surface area contributed by atoms with Gasteiger partial charge in [0.25, 0.3) is 0 Å². The largest absolute Gasteiger partial charge is 0.345 e. The van der Waals surface area contributed by atoms with Crippen molar-refractivity contribution in [3.8, 4) is 0 Å². The van der Waals surface area contributed by atoms with E-state index in [-0.39, 0.29) is 18.1 Å². The lowest BCUT2D eigenvalue weighted by molar-refractivity contribution is -0.115. The Bertz CT molecular complexity index is 1230. The number of hydrogen-bond acceptors (Lipinski definition) is 3. The van der Waals surface area contributed by atoms with Gasteiger partial charge in [-0.2, -0.15) is 0 Å². The lowest BCUT2D eigenvalue weighted by Crippen LogP contribution is -2.15. The highest BCUT2D eigenvalue weighted by Crippen LogP contribution is 2.25. The summed E-state index contributed by atoms with van der Waals surface area (Å²) >= 11 is 0. The SMILES string of the molecule is CC(C)n1cc(CC(=O)Nc2cccc(C(=O)c3nccn3C)c2)c2ccccc21. The molecule has 0 saturated carbocycles. The van der Waals surface area contributed by atoms with Gasteiger partial charge in [-0.3, -0.25) is 9.59 Å². The van der Waals surface area contributed by atoms with Gasteiger partial charge in [-0.15, -0.1) is 0 Å². The van der Waals surface area contributed by atoms with Gasteiger partial charge < -0.3 is 14.5 Å². The van der Waals surface area contributed by atoms with E-state index in [9.17, 15) is 9.59 Å². The average Bonchev–Trinajstić information content (AvgIpc) is 3.31. The van der Waals surface area contributed by atoms with Gasteiger partial charge in [-0.1, -0.05) is 30.3 Å². The van der Waals surface area contributed by atoms with E-state index in [1.54, 1.807) is 48.3 Å². The fourth-order valence-corrected chi connectivity index (χ4v) is 3.68. The normalized spacial score (nSPS) is 11.2. The Labute approximate surface area is 175 Å². The van der Waals surface area contributed by atoms with Crippen LogP contribution in [-0.4, -0.2) is 25.8 Å². The predicted molar refractivity (Wildman–Crippen MR) is 118 cm³/mol. The second kappa shape index (κ2) is 7.99. The van der Waals surface area contributed by atoms with Crippen LogP contribution in [0.15, 0.2) is 67.1 Å². The third-order valence-electron chi connectivity index (χ3n) is 5.16. The quantitative estimate of drug-likeness (QED) is 0.489. The molecule has 0 saturated heterocycles. The minimum absolute atomic E-state index is 0.122. The van der Waals surface area contributed by atoms with Crippen LogP contribution in [0.3, 0.4) is 0 Å². The van der Waals surface area contributed by atoms with Gasteiger partial charge in [-0.25, -0.2) is 4.98 Å². The van der Waals surface area contributed by atoms with Crippen LogP contribution in [0, 0.1) is 0 Å². The molecule has 0 aliphatic rings. The molecule has 0 spiro atoms. The molecule has 6 nitrogen and oxygen atoms in total. The highest BCUT2D eigenvalue weighted by Gasteiger charge is 2.16. The summed E-state index contributed by atoms with van der Waals surface area (Å²) in [5.41, 5.74) is 3.18. The van der Waals surface area contributed by atoms with E-state index in [0.717, 1.165) is 16.5 Å². The maximum absolute atomic E-state index is 12.7. The maximum atomic E-state index is 12.7. The molecule has 2 heterocycles. The topological polar surface area (TPSA) is 68.9 Å². The molecular weight excluding hydrogens is 376 g/mol. The van der Waals surface area contributed by atoms with Crippen molar-refractivity contribution in [2.75, 3.05) is 5.32 Å². The Kier molecular flexibility index (Phi) is 5.23. The first-order valence-electron chi connectivity index (χ1n) is 9.94. The minimum atomic E-state index is -0.182. The van der Waals surface area contributed by atoms with Crippen LogP contribution < -0.4 is 5.32 Å². The third kappa shape index (κ3) is 3.76. The van der Waals surface area contributed by atoms with Gasteiger partial charge in [0.2, 0.25) is 11.7 Å². The number of nitrogens with zero attached hydrogens (tertiary/aromatic N) is 3. The molecule has 152 valence electrons. The zero-order chi connectivity index (χ0) is 21.3. The smallest absolute Gasteiger partial charge is 0.228 e. The van der Waals surface area contributed by atoms with Gasteiger partial charge >= 0.3 is 0 Å². The first-order chi connectivity index (χ1) is 14.4. The summed E-state index contributed by atoms with van der Waals surface area (Å²) in [6.07, 6.45) is 5.63. The van der Waals surface area contributed by atoms with E-state index in [4.69, 9.17) is 0 Å². The van der Waals surface area contributed by atoms with Crippen LogP contribution in [0.25, 0.3) is 10.9 Å². The summed E-state index contributed by atoms with van der Waals surface area (Å²) in [6, 6.07) is 15.4. The monoisotopic (exact) mass is 400 g/mol. The number of benzene rings is 2. The zero-order valence-corrected chi connectivity index (χ0v) is 17.3. The molecule has 0 aliphatic carbocycles. The van der Waals surface area contributed by atoms with E-state index < -0.39 is 0 Å². The minimum Gasteiger partial charge on any atom is -0.345 e. The Hall–Kier alpha value is -3.67. The van der Waals surface area contributed by atoms with E-state index in [0.29, 0.717) is 23.1 Å². The Morgan fingerprint density at radius 1 is 1.10 bits per heavy atom. The van der Waals surface area contributed by atoms with Crippen molar-refractivity contribution in [1.29, 1.82) is 0 Å². The van der Waals surface area contributed by atoms with E-state index in [1.165, 1.54) is 0 Å². The second-order valence-corrected chi connectivity index (χ2v) is 7.67. The molecule has 1 amide bonds. The predicted octanol–water partition coefficient (Wildman–Crippen LogP) is 4.37. The lowest BCUT2D eigenvalue weighted by Gasteiger charge is -2.08. The fourth-order valence-electron chi connectivity index (χ4n) is 3.68. The number of amides is 1. The number of hydrogen-bond donors (Lipinski definition) is 1. The van der Waals surface area contributed by atoms with Gasteiger partial charge in [0.15, 0.2) is 5.82 Å². The molecule has 4 aromatic rings. The molecule has 0 unspecified atom stereocenters. The third-order valence-corrected chi connectivity index (χ3v) is 5.16. The lowest BCUT2D eigenvalue weighted by atomic mass is 10.1. The number of carbonyl (C=O) groups is 2. The number of imidazole rings is 1. The van der Waals surface area contributed by atoms with Gasteiger partial charge in [0.1, 0.15) is 0 Å². The van der Waals surface area contributed by atoms with Crippen molar-refractivity contribution in [3.63, 3.8) is 0 Å². The van der Waals surface area contributed by atoms with Crippen LogP contribution in [0.1, 0.15) is 41.6 Å². The van der Waals surface area contributed by atoms with Crippen molar-refractivity contribution >= 4 is 28.3 Å². The van der Waals surface area contributed by atoms with Crippen LogP contribution >= 0.6 is 0 Å². The molecule has 1 N–H and O–H groups in total. The van der Waals surface area contributed by atoms with Crippen molar-refractivity contribution in [2.45, 2.75) is 26.3 Å². The summed E-state index contributed by atoms with van der Waals surface area (Å²) in [7, 11) is 1.78. The maximum Gasteiger partial charge on any atom is 0.228 e.